The Labute approximate surface area is 198 Å². The lowest BCUT2D eigenvalue weighted by Crippen LogP contribution is -2.32. The highest BCUT2D eigenvalue weighted by atomic mass is 32.2. The summed E-state index contributed by atoms with van der Waals surface area (Å²) in [6.07, 6.45) is 0.667. The topological polar surface area (TPSA) is 103 Å². The summed E-state index contributed by atoms with van der Waals surface area (Å²) in [6.45, 7) is 5.93. The van der Waals surface area contributed by atoms with Crippen molar-refractivity contribution in [3.63, 3.8) is 0 Å². The van der Waals surface area contributed by atoms with Gasteiger partial charge in [0.15, 0.2) is 11.5 Å². The van der Waals surface area contributed by atoms with Crippen molar-refractivity contribution in [2.75, 3.05) is 17.6 Å². The predicted octanol–water partition coefficient (Wildman–Crippen LogP) is 2.86. The molecule has 0 fully saturated rings. The Balaban J connectivity index is 1.35. The average molecular weight is 483 g/mol. The summed E-state index contributed by atoms with van der Waals surface area (Å²) < 4.78 is 40.8. The zero-order valence-corrected chi connectivity index (χ0v) is 20.1. The summed E-state index contributed by atoms with van der Waals surface area (Å²) in [5.74, 6) is 1.07. The first-order chi connectivity index (χ1) is 16.3. The highest BCUT2D eigenvalue weighted by Crippen LogP contribution is 2.35. The number of ether oxygens (including phenoxy) is 2. The summed E-state index contributed by atoms with van der Waals surface area (Å²) in [5.41, 5.74) is 3.38. The third kappa shape index (κ3) is 3.67. The van der Waals surface area contributed by atoms with Crippen molar-refractivity contribution in [2.45, 2.75) is 44.7 Å². The first-order valence-electron chi connectivity index (χ1n) is 11.1. The van der Waals surface area contributed by atoms with Crippen LogP contribution in [-0.4, -0.2) is 37.4 Å². The predicted molar refractivity (Wildman–Crippen MR) is 126 cm³/mol. The fourth-order valence-corrected chi connectivity index (χ4v) is 6.44. The molecule has 0 saturated heterocycles. The molecule has 0 saturated carbocycles. The maximum Gasteiger partial charge on any atom is 0.268 e. The minimum Gasteiger partial charge on any atom is -0.454 e. The molecular weight excluding hydrogens is 456 g/mol. The first kappa shape index (κ1) is 22.3. The Bertz CT molecular complexity index is 1380. The lowest BCUT2D eigenvalue weighted by atomic mass is 10.2. The first-order valence-corrected chi connectivity index (χ1v) is 12.5. The average Bonchev–Trinajstić information content (AvgIpc) is 3.53. The third-order valence-corrected chi connectivity index (χ3v) is 8.37. The number of nitrogens with zero attached hydrogens (tertiary/aromatic N) is 3. The molecule has 1 amide bonds. The molecule has 2 aliphatic heterocycles. The summed E-state index contributed by atoms with van der Waals surface area (Å²) in [6, 6.07) is 12.3. The fourth-order valence-electron chi connectivity index (χ4n) is 4.56. The van der Waals surface area contributed by atoms with Crippen molar-refractivity contribution in [3.05, 3.63) is 65.0 Å². The van der Waals surface area contributed by atoms with Crippen LogP contribution in [-0.2, 0) is 27.8 Å². The zero-order chi connectivity index (χ0) is 24.0. The zero-order valence-electron chi connectivity index (χ0n) is 19.2. The number of sulfonamides is 1. The van der Waals surface area contributed by atoms with Crippen LogP contribution >= 0.6 is 0 Å². The molecule has 0 bridgehead atoms. The number of aryl methyl sites for hydroxylation is 1. The van der Waals surface area contributed by atoms with Gasteiger partial charge in [-0.05, 0) is 56.5 Å². The van der Waals surface area contributed by atoms with E-state index in [9.17, 15) is 13.2 Å². The van der Waals surface area contributed by atoms with Gasteiger partial charge in [0.25, 0.3) is 10.0 Å². The lowest BCUT2D eigenvalue weighted by molar-refractivity contribution is -0.124. The van der Waals surface area contributed by atoms with Crippen molar-refractivity contribution >= 4 is 21.6 Å². The lowest BCUT2D eigenvalue weighted by Gasteiger charge is -2.20. The van der Waals surface area contributed by atoms with Crippen molar-refractivity contribution in [1.29, 1.82) is 0 Å². The van der Waals surface area contributed by atoms with Gasteiger partial charge in [-0.3, -0.25) is 13.8 Å². The number of para-hydroxylation sites is 1. The molecule has 34 heavy (non-hydrogen) atoms. The number of fused-ring (bicyclic) bond motifs is 2. The second kappa shape index (κ2) is 8.35. The quantitative estimate of drug-likeness (QED) is 0.580. The number of carbonyl (C=O) groups excluding carboxylic acids is 1. The largest absolute Gasteiger partial charge is 0.454 e. The van der Waals surface area contributed by atoms with Crippen molar-refractivity contribution in [2.24, 2.45) is 0 Å². The Morgan fingerprint density at radius 1 is 1.15 bits per heavy atom. The van der Waals surface area contributed by atoms with E-state index in [1.807, 2.05) is 42.5 Å². The third-order valence-electron chi connectivity index (χ3n) is 6.30. The Morgan fingerprint density at radius 3 is 2.74 bits per heavy atom. The molecule has 0 spiro atoms. The van der Waals surface area contributed by atoms with Gasteiger partial charge in [-0.2, -0.15) is 5.10 Å². The number of rotatable bonds is 6. The van der Waals surface area contributed by atoms with Gasteiger partial charge in [-0.25, -0.2) is 8.42 Å². The van der Waals surface area contributed by atoms with Gasteiger partial charge in [0, 0.05) is 13.1 Å². The van der Waals surface area contributed by atoms with Gasteiger partial charge < -0.3 is 14.8 Å². The number of aromatic nitrogens is 2. The van der Waals surface area contributed by atoms with Crippen LogP contribution in [0.15, 0.2) is 47.4 Å². The van der Waals surface area contributed by atoms with E-state index in [0.717, 1.165) is 11.1 Å². The summed E-state index contributed by atoms with van der Waals surface area (Å²) in [7, 11) is -3.82. The molecule has 1 N–H and O–H groups in total. The standard InChI is InChI=1S/C24H26N4O5S/c1-15-23(34(30,31)27-11-10-19-6-4-5-7-20(19)27)16(2)28(26-15)17(3)24(29)25-13-18-8-9-21-22(12-18)33-14-32-21/h4-9,12,17H,10-11,13-14H2,1-3H3,(H,25,29)/t17-/m1/s1. The maximum atomic E-state index is 13.6. The molecule has 10 heteroatoms. The number of amides is 1. The number of nitrogens with one attached hydrogen (secondary N) is 1. The monoisotopic (exact) mass is 482 g/mol. The molecular formula is C24H26N4O5S. The molecule has 0 aliphatic carbocycles. The number of hydrogen-bond acceptors (Lipinski definition) is 6. The minimum absolute atomic E-state index is 0.152. The molecule has 1 atom stereocenters. The van der Waals surface area contributed by atoms with Crippen LogP contribution in [0.4, 0.5) is 5.69 Å². The molecule has 0 unspecified atom stereocenters. The molecule has 3 aromatic rings. The molecule has 2 aromatic carbocycles. The highest BCUT2D eigenvalue weighted by molar-refractivity contribution is 7.93. The molecule has 0 radical (unpaired) electrons. The fraction of sp³-hybridized carbons (Fsp3) is 0.333. The van der Waals surface area contributed by atoms with Gasteiger partial charge >= 0.3 is 0 Å². The van der Waals surface area contributed by atoms with Crippen molar-refractivity contribution in [3.8, 4) is 11.5 Å². The van der Waals surface area contributed by atoms with E-state index in [1.54, 1.807) is 20.8 Å². The molecule has 9 nitrogen and oxygen atoms in total. The smallest absolute Gasteiger partial charge is 0.268 e. The Hall–Kier alpha value is -3.53. The van der Waals surface area contributed by atoms with E-state index >= 15 is 0 Å². The van der Waals surface area contributed by atoms with Crippen LogP contribution in [0.1, 0.15) is 35.5 Å². The summed E-state index contributed by atoms with van der Waals surface area (Å²) in [4.78, 5) is 13.1. The Kier molecular flexibility index (Phi) is 5.47. The molecule has 1 aromatic heterocycles. The van der Waals surface area contributed by atoms with Gasteiger partial charge in [0.05, 0.1) is 17.1 Å². The second-order valence-electron chi connectivity index (χ2n) is 8.48. The molecule has 178 valence electrons. The second-order valence-corrected chi connectivity index (χ2v) is 10.3. The van der Waals surface area contributed by atoms with Gasteiger partial charge in [0.2, 0.25) is 12.7 Å². The summed E-state index contributed by atoms with van der Waals surface area (Å²) >= 11 is 0. The maximum absolute atomic E-state index is 13.6. The molecule has 2 aliphatic rings. The van der Waals surface area contributed by atoms with Gasteiger partial charge in [-0.1, -0.05) is 24.3 Å². The van der Waals surface area contributed by atoms with E-state index in [1.165, 1.54) is 8.99 Å². The van der Waals surface area contributed by atoms with E-state index in [0.29, 0.717) is 48.1 Å². The van der Waals surface area contributed by atoms with Crippen LogP contribution in [0, 0.1) is 13.8 Å². The van der Waals surface area contributed by atoms with Crippen LogP contribution in [0.25, 0.3) is 0 Å². The SMILES string of the molecule is Cc1nn([C@H](C)C(=O)NCc2ccc3c(c2)OCO3)c(C)c1S(=O)(=O)N1CCc2ccccc21. The Morgan fingerprint density at radius 2 is 1.91 bits per heavy atom. The van der Waals surface area contributed by atoms with E-state index in [4.69, 9.17) is 9.47 Å². The van der Waals surface area contributed by atoms with Crippen molar-refractivity contribution in [1.82, 2.24) is 15.1 Å². The van der Waals surface area contributed by atoms with E-state index in [2.05, 4.69) is 10.4 Å². The molecule has 3 heterocycles. The normalized spacial score (nSPS) is 15.3. The van der Waals surface area contributed by atoms with E-state index in [-0.39, 0.29) is 17.6 Å². The molecule has 5 rings (SSSR count). The van der Waals surface area contributed by atoms with E-state index < -0.39 is 16.1 Å². The van der Waals surface area contributed by atoms with Crippen LogP contribution in [0.3, 0.4) is 0 Å². The number of benzene rings is 2. The highest BCUT2D eigenvalue weighted by Gasteiger charge is 2.36. The number of anilines is 1. The summed E-state index contributed by atoms with van der Waals surface area (Å²) in [5, 5.41) is 7.34. The van der Waals surface area contributed by atoms with Crippen molar-refractivity contribution < 1.29 is 22.7 Å². The number of carbonyl (C=O) groups is 1. The van der Waals surface area contributed by atoms with Crippen LogP contribution in [0.5, 0.6) is 11.5 Å². The van der Waals surface area contributed by atoms with Crippen LogP contribution < -0.4 is 19.1 Å². The number of hydrogen-bond donors (Lipinski definition) is 1. The minimum atomic E-state index is -3.82. The van der Waals surface area contributed by atoms with Gasteiger partial charge in [-0.15, -0.1) is 0 Å². The van der Waals surface area contributed by atoms with Gasteiger partial charge in [0.1, 0.15) is 10.9 Å². The van der Waals surface area contributed by atoms with Crippen LogP contribution in [0.2, 0.25) is 0 Å².